The minimum absolute atomic E-state index is 0.489. The van der Waals surface area contributed by atoms with E-state index in [9.17, 15) is 0 Å². The predicted octanol–water partition coefficient (Wildman–Crippen LogP) is 2.30. The maximum Gasteiger partial charge on any atom is 0.180 e. The van der Waals surface area contributed by atoms with Crippen LogP contribution in [0.4, 0.5) is 11.6 Å². The molecule has 3 rings (SSSR count). The zero-order valence-electron chi connectivity index (χ0n) is 10.6. The summed E-state index contributed by atoms with van der Waals surface area (Å²) in [5.74, 6) is 2.11. The first-order valence-corrected chi connectivity index (χ1v) is 6.58. The second-order valence-corrected chi connectivity index (χ2v) is 5.29. The van der Waals surface area contributed by atoms with Crippen molar-refractivity contribution in [3.05, 3.63) is 18.6 Å². The lowest BCUT2D eigenvalue weighted by Crippen LogP contribution is -2.27. The fraction of sp³-hybridized carbons (Fsp3) is 0.538. The van der Waals surface area contributed by atoms with Gasteiger partial charge in [0.15, 0.2) is 11.5 Å². The van der Waals surface area contributed by atoms with Gasteiger partial charge in [0.2, 0.25) is 0 Å². The van der Waals surface area contributed by atoms with Gasteiger partial charge in [-0.3, -0.25) is 0 Å². The Morgan fingerprint density at radius 1 is 1.44 bits per heavy atom. The van der Waals surface area contributed by atoms with Crippen molar-refractivity contribution in [2.24, 2.45) is 5.92 Å². The van der Waals surface area contributed by atoms with Crippen molar-refractivity contribution in [1.82, 2.24) is 14.4 Å². The highest BCUT2D eigenvalue weighted by Gasteiger charge is 2.20. The number of nitrogens with two attached hydrogens (primary N) is 1. The van der Waals surface area contributed by atoms with E-state index in [0.29, 0.717) is 11.9 Å². The van der Waals surface area contributed by atoms with Gasteiger partial charge in [0.25, 0.3) is 0 Å². The average molecular weight is 245 g/mol. The number of imidazole rings is 1. The van der Waals surface area contributed by atoms with Gasteiger partial charge in [-0.25, -0.2) is 9.97 Å². The first-order chi connectivity index (χ1) is 8.72. The Morgan fingerprint density at radius 3 is 3.17 bits per heavy atom. The van der Waals surface area contributed by atoms with E-state index >= 15 is 0 Å². The van der Waals surface area contributed by atoms with Crippen molar-refractivity contribution >= 4 is 17.3 Å². The normalized spacial score (nSPS) is 24.3. The molecule has 5 nitrogen and oxygen atoms in total. The Bertz CT molecular complexity index is 547. The van der Waals surface area contributed by atoms with E-state index in [1.54, 1.807) is 12.4 Å². The van der Waals surface area contributed by atoms with E-state index in [4.69, 9.17) is 5.73 Å². The molecule has 2 aromatic heterocycles. The number of fused-ring (bicyclic) bond motifs is 1. The van der Waals surface area contributed by atoms with E-state index in [-0.39, 0.29) is 0 Å². The van der Waals surface area contributed by atoms with Crippen molar-refractivity contribution in [2.75, 3.05) is 11.1 Å². The number of hydrogen-bond donors (Lipinski definition) is 2. The predicted molar refractivity (Wildman–Crippen MR) is 72.4 cm³/mol. The molecular weight excluding hydrogens is 226 g/mol. The van der Waals surface area contributed by atoms with Gasteiger partial charge in [-0.05, 0) is 18.8 Å². The minimum Gasteiger partial charge on any atom is -0.382 e. The summed E-state index contributed by atoms with van der Waals surface area (Å²) < 4.78 is 1.91. The molecule has 2 unspecified atom stereocenters. The van der Waals surface area contributed by atoms with E-state index in [2.05, 4.69) is 22.2 Å². The van der Waals surface area contributed by atoms with Crippen molar-refractivity contribution in [3.63, 3.8) is 0 Å². The fourth-order valence-corrected chi connectivity index (χ4v) is 2.81. The summed E-state index contributed by atoms with van der Waals surface area (Å²) in [6.07, 6.45) is 10.5. The standard InChI is InChI=1S/C13H19N5/c1-9-3-2-4-10(7-9)16-12-13-15-5-6-18(13)8-11(14)17-12/h5-6,8-10H,2-4,7,14H2,1H3,(H,16,17). The summed E-state index contributed by atoms with van der Waals surface area (Å²) in [6, 6.07) is 0.489. The lowest BCUT2D eigenvalue weighted by Gasteiger charge is -2.27. The van der Waals surface area contributed by atoms with Crippen LogP contribution in [0.3, 0.4) is 0 Å². The molecule has 18 heavy (non-hydrogen) atoms. The van der Waals surface area contributed by atoms with Gasteiger partial charge in [0.1, 0.15) is 5.82 Å². The maximum absolute atomic E-state index is 5.82. The molecule has 0 aliphatic heterocycles. The lowest BCUT2D eigenvalue weighted by atomic mass is 9.87. The molecule has 1 saturated carbocycles. The fourth-order valence-electron chi connectivity index (χ4n) is 2.81. The van der Waals surface area contributed by atoms with Gasteiger partial charge in [0, 0.05) is 18.4 Å². The molecule has 0 bridgehead atoms. The molecule has 96 valence electrons. The van der Waals surface area contributed by atoms with E-state index in [1.807, 2.05) is 10.6 Å². The highest BCUT2D eigenvalue weighted by atomic mass is 15.1. The molecule has 1 aliphatic rings. The number of rotatable bonds is 2. The third-order valence-electron chi connectivity index (χ3n) is 3.67. The second-order valence-electron chi connectivity index (χ2n) is 5.29. The number of nitrogens with zero attached hydrogens (tertiary/aromatic N) is 3. The van der Waals surface area contributed by atoms with Gasteiger partial charge < -0.3 is 15.5 Å². The number of nitrogens with one attached hydrogen (secondary N) is 1. The first kappa shape index (κ1) is 11.3. The first-order valence-electron chi connectivity index (χ1n) is 6.58. The van der Waals surface area contributed by atoms with Crippen molar-refractivity contribution in [3.8, 4) is 0 Å². The van der Waals surface area contributed by atoms with Crippen molar-refractivity contribution in [1.29, 1.82) is 0 Å². The third kappa shape index (κ3) is 2.12. The summed E-state index contributed by atoms with van der Waals surface area (Å²) in [4.78, 5) is 8.70. The van der Waals surface area contributed by atoms with Gasteiger partial charge in [-0.2, -0.15) is 0 Å². The van der Waals surface area contributed by atoms with Crippen LogP contribution in [-0.4, -0.2) is 20.4 Å². The van der Waals surface area contributed by atoms with Gasteiger partial charge >= 0.3 is 0 Å². The van der Waals surface area contributed by atoms with Crippen LogP contribution in [0.1, 0.15) is 32.6 Å². The van der Waals surface area contributed by atoms with E-state index in [1.165, 1.54) is 25.7 Å². The summed E-state index contributed by atoms with van der Waals surface area (Å²) in [6.45, 7) is 2.31. The molecule has 2 atom stereocenters. The minimum atomic E-state index is 0.489. The number of aromatic nitrogens is 3. The molecule has 0 spiro atoms. The molecule has 3 N–H and O–H groups in total. The van der Waals surface area contributed by atoms with E-state index in [0.717, 1.165) is 17.4 Å². The topological polar surface area (TPSA) is 68.2 Å². The molecule has 1 aliphatic carbocycles. The van der Waals surface area contributed by atoms with Crippen LogP contribution in [0.5, 0.6) is 0 Å². The molecule has 2 heterocycles. The van der Waals surface area contributed by atoms with Crippen molar-refractivity contribution < 1.29 is 0 Å². The zero-order chi connectivity index (χ0) is 12.5. The third-order valence-corrected chi connectivity index (χ3v) is 3.67. The van der Waals surface area contributed by atoms with Crippen LogP contribution >= 0.6 is 0 Å². The molecule has 0 amide bonds. The Morgan fingerprint density at radius 2 is 2.33 bits per heavy atom. The summed E-state index contributed by atoms with van der Waals surface area (Å²) in [7, 11) is 0. The molecule has 0 aromatic carbocycles. The summed E-state index contributed by atoms with van der Waals surface area (Å²) in [5, 5.41) is 3.51. The van der Waals surface area contributed by atoms with Crippen molar-refractivity contribution in [2.45, 2.75) is 38.6 Å². The zero-order valence-corrected chi connectivity index (χ0v) is 10.6. The van der Waals surface area contributed by atoms with Gasteiger partial charge in [-0.15, -0.1) is 0 Å². The highest BCUT2D eigenvalue weighted by molar-refractivity contribution is 5.65. The van der Waals surface area contributed by atoms with Crippen LogP contribution in [0.2, 0.25) is 0 Å². The van der Waals surface area contributed by atoms with Crippen LogP contribution in [0, 0.1) is 5.92 Å². The van der Waals surface area contributed by atoms with Crippen LogP contribution in [-0.2, 0) is 0 Å². The highest BCUT2D eigenvalue weighted by Crippen LogP contribution is 2.26. The average Bonchev–Trinajstić information content (AvgIpc) is 2.77. The Hall–Kier alpha value is -1.78. The quantitative estimate of drug-likeness (QED) is 0.852. The smallest absolute Gasteiger partial charge is 0.180 e. The van der Waals surface area contributed by atoms with Gasteiger partial charge in [-0.1, -0.05) is 19.8 Å². The number of hydrogen-bond acceptors (Lipinski definition) is 4. The maximum atomic E-state index is 5.82. The lowest BCUT2D eigenvalue weighted by molar-refractivity contribution is 0.358. The molecule has 0 saturated heterocycles. The van der Waals surface area contributed by atoms with Crippen LogP contribution < -0.4 is 11.1 Å². The van der Waals surface area contributed by atoms with Crippen LogP contribution in [0.15, 0.2) is 18.6 Å². The van der Waals surface area contributed by atoms with Crippen LogP contribution in [0.25, 0.3) is 5.65 Å². The summed E-state index contributed by atoms with van der Waals surface area (Å²) in [5.41, 5.74) is 6.67. The Kier molecular flexibility index (Phi) is 2.81. The van der Waals surface area contributed by atoms with Gasteiger partial charge in [0.05, 0.1) is 6.20 Å². The Labute approximate surface area is 106 Å². The molecule has 1 fully saturated rings. The van der Waals surface area contributed by atoms with E-state index < -0.39 is 0 Å². The monoisotopic (exact) mass is 245 g/mol. The molecule has 2 aromatic rings. The largest absolute Gasteiger partial charge is 0.382 e. The summed E-state index contributed by atoms with van der Waals surface area (Å²) >= 11 is 0. The molecule has 5 heteroatoms. The second kappa shape index (κ2) is 4.48. The SMILES string of the molecule is CC1CCCC(Nc2nc(N)cn3ccnc23)C1. The number of nitrogen functional groups attached to an aromatic ring is 1. The number of anilines is 2. The Balaban J connectivity index is 1.87. The molecule has 0 radical (unpaired) electrons. The molecular formula is C13H19N5.